The minimum atomic E-state index is 0.444. The van der Waals surface area contributed by atoms with Gasteiger partial charge in [-0.3, -0.25) is 0 Å². The van der Waals surface area contributed by atoms with Crippen LogP contribution in [0.3, 0.4) is 0 Å². The molecular weight excluding hydrogens is 1750 g/mol. The number of nitrogens with zero attached hydrogens (tertiary/aromatic N) is 12. The molecule has 0 unspecified atom stereocenters. The van der Waals surface area contributed by atoms with Crippen LogP contribution in [0, 0.1) is 120 Å². The third-order valence-electron chi connectivity index (χ3n) is 29.0. The number of hydrogen-bond donors (Lipinski definition) is 0. The Labute approximate surface area is 837 Å². The quantitative estimate of drug-likeness (QED) is 0.0876. The summed E-state index contributed by atoms with van der Waals surface area (Å²) in [4.78, 5) is 31.9. The molecule has 0 saturated carbocycles. The first-order chi connectivity index (χ1) is 69.9. The van der Waals surface area contributed by atoms with Gasteiger partial charge in [-0.05, 0) is 307 Å². The summed E-state index contributed by atoms with van der Waals surface area (Å²) in [6.45, 7) is 30.2. The van der Waals surface area contributed by atoms with Gasteiger partial charge in [0.15, 0.2) is 23.3 Å². The molecule has 0 aliphatic carbocycles. The van der Waals surface area contributed by atoms with Gasteiger partial charge in [0, 0.05) is 54.2 Å². The number of hydrogen-bond acceptors (Lipinski definition) is 8. The molecule has 0 fully saturated rings. The number of para-hydroxylation sites is 2. The van der Waals surface area contributed by atoms with Crippen LogP contribution < -0.4 is 0 Å². The second-order valence-corrected chi connectivity index (χ2v) is 39.8. The van der Waals surface area contributed by atoms with Gasteiger partial charge in [-0.15, -0.1) is 0 Å². The molecule has 0 spiro atoms. The molecule has 0 aliphatic heterocycles. The molecule has 0 atom stereocenters. The molecule has 690 valence electrons. The van der Waals surface area contributed by atoms with Gasteiger partial charge in [0.25, 0.3) is 0 Å². The average molecular weight is 1860 g/mol. The lowest BCUT2D eigenvalue weighted by Crippen LogP contribution is -2.08. The lowest BCUT2D eigenvalue weighted by Gasteiger charge is -2.21. The Bertz CT molecular complexity index is 9360. The molecule has 24 rings (SSSR count). The van der Waals surface area contributed by atoms with Crippen molar-refractivity contribution < 1.29 is 0 Å². The first kappa shape index (κ1) is 88.8. The average Bonchev–Trinajstić information content (AvgIpc) is 1.55. The van der Waals surface area contributed by atoms with Crippen LogP contribution >= 0.6 is 0 Å². The third kappa shape index (κ3) is 15.6. The molecule has 6 aromatic heterocycles. The minimum Gasteiger partial charge on any atom is -0.308 e. The van der Waals surface area contributed by atoms with Crippen LogP contribution in [0.5, 0.6) is 0 Å². The summed E-state index contributed by atoms with van der Waals surface area (Å²) in [7, 11) is 0. The Kier molecular flexibility index (Phi) is 21.7. The van der Waals surface area contributed by atoms with Crippen LogP contribution in [0.4, 0.5) is 0 Å². The fourth-order valence-corrected chi connectivity index (χ4v) is 23.4. The Morgan fingerprint density at radius 2 is 0.479 bits per heavy atom. The van der Waals surface area contributed by atoms with E-state index in [0.717, 1.165) is 201 Å². The predicted molar refractivity (Wildman–Crippen MR) is 595 cm³/mol. The number of rotatable bonds is 17. The lowest BCUT2D eigenvalue weighted by atomic mass is 9.91. The zero-order chi connectivity index (χ0) is 98.5. The fraction of sp³-hybridized carbons (Fsp3) is 0.121. The molecule has 18 aromatic carbocycles. The molecule has 12 nitrogen and oxygen atoms in total. The van der Waals surface area contributed by atoms with Gasteiger partial charge in [0.05, 0.1) is 101 Å². The predicted octanol–water partition coefficient (Wildman–Crippen LogP) is 33.0. The Hall–Kier alpha value is -17.8. The molecule has 12 heteroatoms. The van der Waals surface area contributed by atoms with E-state index in [9.17, 15) is 10.5 Å². The highest BCUT2D eigenvalue weighted by Crippen LogP contribution is 2.50. The van der Waals surface area contributed by atoms with E-state index in [1.807, 2.05) is 74.5 Å². The van der Waals surface area contributed by atoms with Gasteiger partial charge < -0.3 is 18.3 Å². The van der Waals surface area contributed by atoms with E-state index >= 15 is 0 Å². The number of nitriles is 2. The largest absolute Gasteiger partial charge is 0.308 e. The maximum atomic E-state index is 11.9. The monoisotopic (exact) mass is 1850 g/mol. The standard InChI is InChI=1S/C132H102N12/c1-75-47-76(2)54-101(53-75)95-37-43-115-109(67-95)110-68-96(102-55-77(3)48-78(4)56-102)38-44-116(110)141(115)121-63-91(73-133)64-122(128(121)132-139-129(93-25-17-15-18-26-93)138-130(140-132)94-27-19-16-20-28-94)142-117-45-39-97(103-57-79(5)49-80(6)58-103)69-111(117)112-70-98(40-46-118(112)142)104-59-82(8)52-89(62-104)33-34-90-60-85(11)126(86(12)61-90)100-36-42-108-106-30-22-24-32-114(106)144(120(108)72-100)124-66-92(74-134)65-123(127(124)131-136-87(13)135-88(14)137-131)143-113-31-23-21-29-105(113)107-41-35-99(71-119(107)143)125-83(9)50-81(7)51-84(125)10/h15-32,35-72H,33-34H2,1-14H3. The van der Waals surface area contributed by atoms with Gasteiger partial charge in [0.1, 0.15) is 11.6 Å². The van der Waals surface area contributed by atoms with Crippen molar-refractivity contribution in [1.29, 1.82) is 10.5 Å². The Morgan fingerprint density at radius 3 is 0.847 bits per heavy atom. The summed E-state index contributed by atoms with van der Waals surface area (Å²) in [5.41, 5.74) is 45.3. The molecule has 0 radical (unpaired) electrons. The summed E-state index contributed by atoms with van der Waals surface area (Å²) < 4.78 is 9.40. The highest BCUT2D eigenvalue weighted by atomic mass is 15.1. The highest BCUT2D eigenvalue weighted by Gasteiger charge is 2.31. The second-order valence-electron chi connectivity index (χ2n) is 39.8. The summed E-state index contributed by atoms with van der Waals surface area (Å²) >= 11 is 0. The maximum absolute atomic E-state index is 11.9. The summed E-state index contributed by atoms with van der Waals surface area (Å²) in [6.07, 6.45) is 1.61. The molecular formula is C132H102N12. The van der Waals surface area contributed by atoms with E-state index in [1.165, 1.54) is 89.0 Å². The molecule has 0 aliphatic rings. The van der Waals surface area contributed by atoms with Crippen molar-refractivity contribution in [3.05, 3.63) is 440 Å². The van der Waals surface area contributed by atoms with Gasteiger partial charge in [-0.2, -0.15) is 10.5 Å². The number of aromatic nitrogens is 10. The van der Waals surface area contributed by atoms with Gasteiger partial charge in [-0.25, -0.2) is 29.9 Å². The highest BCUT2D eigenvalue weighted by molar-refractivity contribution is 6.17. The molecule has 0 amide bonds. The van der Waals surface area contributed by atoms with Gasteiger partial charge in [0.2, 0.25) is 0 Å². The van der Waals surface area contributed by atoms with E-state index in [-0.39, 0.29) is 0 Å². The van der Waals surface area contributed by atoms with E-state index < -0.39 is 0 Å². The molecule has 6 heterocycles. The summed E-state index contributed by atoms with van der Waals surface area (Å²) in [5.74, 6) is 3.19. The summed E-state index contributed by atoms with van der Waals surface area (Å²) in [5, 5.41) is 31.9. The maximum Gasteiger partial charge on any atom is 0.168 e. The molecule has 0 bridgehead atoms. The zero-order valence-corrected chi connectivity index (χ0v) is 83.1. The van der Waals surface area contributed by atoms with Crippen molar-refractivity contribution in [3.8, 4) is 147 Å². The molecule has 24 aromatic rings. The van der Waals surface area contributed by atoms with Crippen molar-refractivity contribution in [2.45, 2.75) is 110 Å². The van der Waals surface area contributed by atoms with Crippen LogP contribution in [0.2, 0.25) is 0 Å². The van der Waals surface area contributed by atoms with Crippen LogP contribution in [0.25, 0.3) is 222 Å². The van der Waals surface area contributed by atoms with Crippen molar-refractivity contribution in [1.82, 2.24) is 48.2 Å². The Morgan fingerprint density at radius 1 is 0.194 bits per heavy atom. The van der Waals surface area contributed by atoms with Crippen molar-refractivity contribution in [2.75, 3.05) is 0 Å². The second kappa shape index (κ2) is 35.2. The van der Waals surface area contributed by atoms with Crippen molar-refractivity contribution in [3.63, 3.8) is 0 Å². The van der Waals surface area contributed by atoms with Crippen molar-refractivity contribution >= 4 is 87.2 Å². The van der Waals surface area contributed by atoms with E-state index in [1.54, 1.807) is 0 Å². The summed E-state index contributed by atoms with van der Waals surface area (Å²) in [6, 6.07) is 129. The third-order valence-corrected chi connectivity index (χ3v) is 29.0. The van der Waals surface area contributed by atoms with E-state index in [4.69, 9.17) is 29.9 Å². The van der Waals surface area contributed by atoms with E-state index in [2.05, 4.69) is 393 Å². The number of fused-ring (bicyclic) bond motifs is 12. The smallest absolute Gasteiger partial charge is 0.168 e. The fourth-order valence-electron chi connectivity index (χ4n) is 23.4. The number of aryl methyl sites for hydroxylation is 16. The molecule has 144 heavy (non-hydrogen) atoms. The topological polar surface area (TPSA) is 145 Å². The van der Waals surface area contributed by atoms with Gasteiger partial charge in [-0.1, -0.05) is 287 Å². The first-order valence-electron chi connectivity index (χ1n) is 49.5. The zero-order valence-electron chi connectivity index (χ0n) is 83.1. The van der Waals surface area contributed by atoms with E-state index in [0.29, 0.717) is 46.1 Å². The van der Waals surface area contributed by atoms with Crippen LogP contribution in [-0.2, 0) is 12.8 Å². The molecule has 0 saturated heterocycles. The lowest BCUT2D eigenvalue weighted by molar-refractivity contribution is 0.924. The minimum absolute atomic E-state index is 0.444. The van der Waals surface area contributed by atoms with Crippen LogP contribution in [-0.4, -0.2) is 48.2 Å². The number of benzene rings is 18. The Balaban J connectivity index is 0.642. The normalized spacial score (nSPS) is 11.7. The van der Waals surface area contributed by atoms with Gasteiger partial charge >= 0.3 is 0 Å². The van der Waals surface area contributed by atoms with Crippen molar-refractivity contribution in [2.24, 2.45) is 0 Å². The SMILES string of the molecule is Cc1cc(C)cc(-c2ccc3c(c2)c2cc(-c4cc(C)cc(C)c4)ccc2n3-c2cc(C#N)cc(-n3c4ccc(-c5cc(C)cc(C)c5)cc4c4cc(-c5cc(C)cc(CCc6cc(C)c(-c7ccc8c9ccccc9n(-c9cc(C#N)cc(-n%10c%11ccccc%11c%11ccc(-c%12c(C)cc(C)cc%12C)cc%11%10)c9-c9nc(C)nc(C)n9)c8c7)c(C)c6)c5)ccc43)c2-c2nc(-c3ccccc3)nc(-c3ccccc3)n2)c1. The van der Waals surface area contributed by atoms with Crippen LogP contribution in [0.1, 0.15) is 101 Å². The molecule has 0 N–H and O–H groups in total. The first-order valence-corrected chi connectivity index (χ1v) is 49.5. The van der Waals surface area contributed by atoms with Crippen LogP contribution in [0.15, 0.2) is 340 Å².